The van der Waals surface area contributed by atoms with E-state index in [0.29, 0.717) is 17.8 Å². The van der Waals surface area contributed by atoms with Gasteiger partial charge < -0.3 is 5.32 Å². The van der Waals surface area contributed by atoms with E-state index in [1.807, 2.05) is 0 Å². The molecule has 0 aliphatic carbocycles. The van der Waals surface area contributed by atoms with Crippen LogP contribution in [0.15, 0.2) is 18.5 Å². The largest absolute Gasteiger partial charge is 0.354 e. The zero-order valence-corrected chi connectivity index (χ0v) is 11.1. The Bertz CT molecular complexity index is 496. The van der Waals surface area contributed by atoms with E-state index < -0.39 is 0 Å². The van der Waals surface area contributed by atoms with Gasteiger partial charge >= 0.3 is 0 Å². The van der Waals surface area contributed by atoms with E-state index in [0.717, 1.165) is 13.0 Å². The van der Waals surface area contributed by atoms with Gasteiger partial charge in [-0.1, -0.05) is 13.8 Å². The number of aromatic nitrogens is 5. The predicted octanol–water partition coefficient (Wildman–Crippen LogP) is 2.17. The molecule has 1 N–H and O–H groups in total. The smallest absolute Gasteiger partial charge is 0.256 e. The van der Waals surface area contributed by atoms with E-state index in [-0.39, 0.29) is 5.28 Å². The first-order chi connectivity index (χ1) is 8.65. The van der Waals surface area contributed by atoms with Crippen molar-refractivity contribution < 1.29 is 0 Å². The minimum absolute atomic E-state index is 0.155. The van der Waals surface area contributed by atoms with E-state index in [9.17, 15) is 0 Å². The molecule has 0 saturated carbocycles. The highest BCUT2D eigenvalue weighted by Crippen LogP contribution is 2.09. The maximum absolute atomic E-state index is 5.87. The molecule has 18 heavy (non-hydrogen) atoms. The molecule has 0 spiro atoms. The van der Waals surface area contributed by atoms with Gasteiger partial charge in [0.1, 0.15) is 0 Å². The quantitative estimate of drug-likeness (QED) is 0.898. The van der Waals surface area contributed by atoms with Crippen molar-refractivity contribution in [1.82, 2.24) is 24.7 Å². The molecular formula is C11H15ClN6. The van der Waals surface area contributed by atoms with Gasteiger partial charge in [-0.3, -0.25) is 0 Å². The van der Waals surface area contributed by atoms with Crippen LogP contribution >= 0.6 is 11.6 Å². The molecule has 0 unspecified atom stereocenters. The van der Waals surface area contributed by atoms with E-state index in [2.05, 4.69) is 39.2 Å². The first kappa shape index (κ1) is 12.8. The van der Waals surface area contributed by atoms with Crippen LogP contribution in [0.1, 0.15) is 20.3 Å². The second kappa shape index (κ2) is 5.77. The molecule has 0 aliphatic heterocycles. The number of hydrogen-bond acceptors (Lipinski definition) is 5. The molecule has 0 bridgehead atoms. The molecule has 0 aromatic carbocycles. The average molecular weight is 267 g/mol. The molecule has 6 nitrogen and oxygen atoms in total. The fourth-order valence-corrected chi connectivity index (χ4v) is 1.54. The second-order valence-electron chi connectivity index (χ2n) is 4.29. The maximum atomic E-state index is 5.87. The van der Waals surface area contributed by atoms with Gasteiger partial charge in [0.15, 0.2) is 0 Å². The summed E-state index contributed by atoms with van der Waals surface area (Å²) in [5.41, 5.74) is 0. The normalized spacial score (nSPS) is 10.9. The van der Waals surface area contributed by atoms with Crippen molar-refractivity contribution in [3.8, 4) is 5.95 Å². The first-order valence-corrected chi connectivity index (χ1v) is 6.18. The van der Waals surface area contributed by atoms with Crippen LogP contribution < -0.4 is 5.32 Å². The third-order valence-electron chi connectivity index (χ3n) is 2.31. The summed E-state index contributed by atoms with van der Waals surface area (Å²) in [5.74, 6) is 1.51. The lowest BCUT2D eigenvalue weighted by atomic mass is 10.1. The first-order valence-electron chi connectivity index (χ1n) is 5.80. The van der Waals surface area contributed by atoms with E-state index in [4.69, 9.17) is 11.6 Å². The van der Waals surface area contributed by atoms with Gasteiger partial charge in [-0.15, -0.1) is 0 Å². The van der Waals surface area contributed by atoms with E-state index >= 15 is 0 Å². The van der Waals surface area contributed by atoms with Crippen molar-refractivity contribution in [2.45, 2.75) is 20.3 Å². The summed E-state index contributed by atoms with van der Waals surface area (Å²) in [5, 5.41) is 7.34. The number of nitrogens with one attached hydrogen (secondary N) is 1. The van der Waals surface area contributed by atoms with E-state index in [1.54, 1.807) is 23.1 Å². The molecule has 0 amide bonds. The summed E-state index contributed by atoms with van der Waals surface area (Å²) in [6, 6.07) is 1.80. The Kier molecular flexibility index (Phi) is 4.09. The van der Waals surface area contributed by atoms with Crippen LogP contribution in [0.2, 0.25) is 5.28 Å². The number of nitrogens with zero attached hydrogens (tertiary/aromatic N) is 5. The van der Waals surface area contributed by atoms with Crippen LogP contribution in [0.3, 0.4) is 0 Å². The van der Waals surface area contributed by atoms with Crippen LogP contribution in [0.5, 0.6) is 0 Å². The molecule has 0 atom stereocenters. The highest BCUT2D eigenvalue weighted by atomic mass is 35.5. The van der Waals surface area contributed by atoms with Crippen molar-refractivity contribution >= 4 is 17.5 Å². The summed E-state index contributed by atoms with van der Waals surface area (Å²) in [7, 11) is 0. The van der Waals surface area contributed by atoms with Gasteiger partial charge in [0.05, 0.1) is 0 Å². The molecule has 0 saturated heterocycles. The molecule has 2 aromatic rings. The molecule has 2 rings (SSSR count). The Morgan fingerprint density at radius 3 is 2.83 bits per heavy atom. The Balaban J connectivity index is 2.12. The lowest BCUT2D eigenvalue weighted by Crippen LogP contribution is -2.11. The SMILES string of the molecule is CC(C)CCNc1nc(Cl)nc(-n2cccn2)n1. The van der Waals surface area contributed by atoms with Crippen LogP contribution in [-0.4, -0.2) is 31.3 Å². The van der Waals surface area contributed by atoms with Gasteiger partial charge in [0, 0.05) is 18.9 Å². The van der Waals surface area contributed by atoms with Crippen LogP contribution in [0.4, 0.5) is 5.95 Å². The van der Waals surface area contributed by atoms with Gasteiger partial charge in [-0.05, 0) is 30.0 Å². The second-order valence-corrected chi connectivity index (χ2v) is 4.63. The molecule has 0 fully saturated rings. The topological polar surface area (TPSA) is 68.5 Å². The van der Waals surface area contributed by atoms with Crippen LogP contribution in [0.25, 0.3) is 5.95 Å². The van der Waals surface area contributed by atoms with Crippen molar-refractivity contribution in [2.24, 2.45) is 5.92 Å². The standard InChI is InChI=1S/C11H15ClN6/c1-8(2)4-6-13-10-15-9(12)16-11(17-10)18-7-3-5-14-18/h3,5,7-8H,4,6H2,1-2H3,(H,13,15,16,17). The number of hydrogen-bond donors (Lipinski definition) is 1. The average Bonchev–Trinajstić information content (AvgIpc) is 2.81. The lowest BCUT2D eigenvalue weighted by Gasteiger charge is -2.08. The van der Waals surface area contributed by atoms with Crippen LogP contribution in [-0.2, 0) is 0 Å². The Morgan fingerprint density at radius 1 is 1.33 bits per heavy atom. The van der Waals surface area contributed by atoms with Gasteiger partial charge in [0.25, 0.3) is 5.95 Å². The summed E-state index contributed by atoms with van der Waals surface area (Å²) in [4.78, 5) is 12.3. The lowest BCUT2D eigenvalue weighted by molar-refractivity contribution is 0.605. The summed E-state index contributed by atoms with van der Waals surface area (Å²) < 4.78 is 1.54. The molecule has 0 radical (unpaired) electrons. The third-order valence-corrected chi connectivity index (χ3v) is 2.48. The highest BCUT2D eigenvalue weighted by molar-refractivity contribution is 6.28. The number of rotatable bonds is 5. The van der Waals surface area contributed by atoms with Gasteiger partial charge in [-0.25, -0.2) is 4.68 Å². The summed E-state index contributed by atoms with van der Waals surface area (Å²) in [6.45, 7) is 5.13. The fraction of sp³-hybridized carbons (Fsp3) is 0.455. The zero-order valence-electron chi connectivity index (χ0n) is 10.3. The minimum Gasteiger partial charge on any atom is -0.354 e. The van der Waals surface area contributed by atoms with Crippen LogP contribution in [0, 0.1) is 5.92 Å². The minimum atomic E-state index is 0.155. The maximum Gasteiger partial charge on any atom is 0.256 e. The molecule has 2 heterocycles. The van der Waals surface area contributed by atoms with Crippen molar-refractivity contribution in [2.75, 3.05) is 11.9 Å². The summed E-state index contributed by atoms with van der Waals surface area (Å²) in [6.07, 6.45) is 4.45. The predicted molar refractivity (Wildman–Crippen MR) is 69.9 cm³/mol. The molecule has 2 aromatic heterocycles. The zero-order chi connectivity index (χ0) is 13.0. The molecule has 7 heteroatoms. The Hall–Kier alpha value is -1.69. The molecular weight excluding hydrogens is 252 g/mol. The molecule has 96 valence electrons. The van der Waals surface area contributed by atoms with Gasteiger partial charge in [0.2, 0.25) is 11.2 Å². The third kappa shape index (κ3) is 3.40. The highest BCUT2D eigenvalue weighted by Gasteiger charge is 2.06. The summed E-state index contributed by atoms with van der Waals surface area (Å²) >= 11 is 5.87. The Labute approximate surface area is 110 Å². The van der Waals surface area contributed by atoms with Gasteiger partial charge in [-0.2, -0.15) is 20.1 Å². The monoisotopic (exact) mass is 266 g/mol. The van der Waals surface area contributed by atoms with Crippen molar-refractivity contribution in [3.63, 3.8) is 0 Å². The Morgan fingerprint density at radius 2 is 2.17 bits per heavy atom. The van der Waals surface area contributed by atoms with E-state index in [1.165, 1.54) is 0 Å². The molecule has 0 aliphatic rings. The number of halogens is 1. The number of anilines is 1. The fourth-order valence-electron chi connectivity index (χ4n) is 1.38. The van der Waals surface area contributed by atoms with Crippen molar-refractivity contribution in [1.29, 1.82) is 0 Å². The van der Waals surface area contributed by atoms with Crippen molar-refractivity contribution in [3.05, 3.63) is 23.7 Å².